The Hall–Kier alpha value is -2.53. The molecule has 0 saturated carbocycles. The van der Waals surface area contributed by atoms with E-state index < -0.39 is 0 Å². The first kappa shape index (κ1) is 20.7. The Morgan fingerprint density at radius 3 is 2.60 bits per heavy atom. The lowest BCUT2D eigenvalue weighted by molar-refractivity contribution is -0.128. The van der Waals surface area contributed by atoms with E-state index in [4.69, 9.17) is 0 Å². The molecule has 0 radical (unpaired) electrons. The molecule has 2 aliphatic rings. The molecule has 1 heterocycles. The summed E-state index contributed by atoms with van der Waals surface area (Å²) in [6.45, 7) is 1.29. The molecule has 30 heavy (non-hydrogen) atoms. The van der Waals surface area contributed by atoms with E-state index in [1.54, 1.807) is 11.8 Å². The fourth-order valence-corrected chi connectivity index (χ4v) is 5.24. The van der Waals surface area contributed by atoms with Gasteiger partial charge in [0.05, 0.1) is 5.75 Å². The van der Waals surface area contributed by atoms with Crippen LogP contribution < -0.4 is 5.32 Å². The highest BCUT2D eigenvalue weighted by molar-refractivity contribution is 8.00. The summed E-state index contributed by atoms with van der Waals surface area (Å²) in [5, 5.41) is 3.03. The molecular formula is C25H28N2O2S. The first-order chi connectivity index (χ1) is 14.7. The van der Waals surface area contributed by atoms with Crippen molar-refractivity contribution in [2.24, 2.45) is 0 Å². The van der Waals surface area contributed by atoms with E-state index >= 15 is 0 Å². The van der Waals surface area contributed by atoms with Gasteiger partial charge in [0.2, 0.25) is 5.91 Å². The number of hydrogen-bond donors (Lipinski definition) is 1. The summed E-state index contributed by atoms with van der Waals surface area (Å²) in [5.41, 5.74) is 4.33. The summed E-state index contributed by atoms with van der Waals surface area (Å²) >= 11 is 1.64. The fraction of sp³-hybridized carbons (Fsp3) is 0.360. The molecular weight excluding hydrogens is 392 g/mol. The highest BCUT2D eigenvalue weighted by Gasteiger charge is 2.32. The van der Waals surface area contributed by atoms with E-state index in [1.807, 2.05) is 59.5 Å². The van der Waals surface area contributed by atoms with Crippen molar-refractivity contribution in [1.29, 1.82) is 0 Å². The Kier molecular flexibility index (Phi) is 6.90. The Morgan fingerprint density at radius 2 is 1.87 bits per heavy atom. The minimum Gasteiger partial charge on any atom is -0.352 e. The molecule has 1 atom stereocenters. The van der Waals surface area contributed by atoms with E-state index in [0.29, 0.717) is 24.4 Å². The molecule has 4 rings (SSSR count). The van der Waals surface area contributed by atoms with Crippen LogP contribution in [0.15, 0.2) is 66.2 Å². The van der Waals surface area contributed by atoms with Crippen molar-refractivity contribution in [1.82, 2.24) is 10.2 Å². The summed E-state index contributed by atoms with van der Waals surface area (Å²) in [7, 11) is 0. The Labute approximate surface area is 182 Å². The third-order valence-electron chi connectivity index (χ3n) is 5.74. The number of allylic oxidation sites excluding steroid dienone is 1. The SMILES string of the molecule is O=C(NCCC1=CCCCC1)c1ccc(C2SCC(=O)N2Cc2ccccc2)cc1. The summed E-state index contributed by atoms with van der Waals surface area (Å²) < 4.78 is 0. The minimum absolute atomic E-state index is 0.00643. The number of rotatable bonds is 7. The molecule has 1 fully saturated rings. The number of carbonyl (C=O) groups excluding carboxylic acids is 2. The smallest absolute Gasteiger partial charge is 0.251 e. The maximum absolute atomic E-state index is 12.5. The van der Waals surface area contributed by atoms with Crippen LogP contribution in [-0.4, -0.2) is 29.0 Å². The van der Waals surface area contributed by atoms with Gasteiger partial charge in [-0.3, -0.25) is 9.59 Å². The van der Waals surface area contributed by atoms with Crippen LogP contribution >= 0.6 is 11.8 Å². The number of carbonyl (C=O) groups is 2. The average molecular weight is 421 g/mol. The molecule has 1 N–H and O–H groups in total. The van der Waals surface area contributed by atoms with Crippen molar-refractivity contribution in [2.45, 2.75) is 44.0 Å². The van der Waals surface area contributed by atoms with Gasteiger partial charge in [-0.25, -0.2) is 0 Å². The van der Waals surface area contributed by atoms with Crippen molar-refractivity contribution < 1.29 is 9.59 Å². The Morgan fingerprint density at radius 1 is 1.07 bits per heavy atom. The molecule has 0 aromatic heterocycles. The Balaban J connectivity index is 1.35. The fourth-order valence-electron chi connectivity index (χ4n) is 4.05. The molecule has 4 nitrogen and oxygen atoms in total. The second-order valence-corrected chi connectivity index (χ2v) is 8.98. The molecule has 2 amide bonds. The molecule has 0 spiro atoms. The number of thioether (sulfide) groups is 1. The van der Waals surface area contributed by atoms with E-state index in [0.717, 1.165) is 17.5 Å². The van der Waals surface area contributed by atoms with Crippen LogP contribution in [0.4, 0.5) is 0 Å². The van der Waals surface area contributed by atoms with Crippen LogP contribution in [0, 0.1) is 0 Å². The minimum atomic E-state index is -0.0331. The van der Waals surface area contributed by atoms with Gasteiger partial charge in [0.25, 0.3) is 5.91 Å². The summed E-state index contributed by atoms with van der Waals surface area (Å²) in [6.07, 6.45) is 8.17. The van der Waals surface area contributed by atoms with Crippen LogP contribution in [-0.2, 0) is 11.3 Å². The molecule has 2 aromatic carbocycles. The van der Waals surface area contributed by atoms with Crippen LogP contribution in [0.1, 0.15) is 59.0 Å². The summed E-state index contributed by atoms with van der Waals surface area (Å²) in [5.74, 6) is 0.622. The lowest BCUT2D eigenvalue weighted by Crippen LogP contribution is -2.28. The first-order valence-corrected chi connectivity index (χ1v) is 11.8. The predicted molar refractivity (Wildman–Crippen MR) is 122 cm³/mol. The van der Waals surface area contributed by atoms with Crippen molar-refractivity contribution in [3.63, 3.8) is 0 Å². The molecule has 0 bridgehead atoms. The lowest BCUT2D eigenvalue weighted by atomic mass is 9.97. The molecule has 5 heteroatoms. The predicted octanol–water partition coefficient (Wildman–Crippen LogP) is 5.08. The van der Waals surface area contributed by atoms with E-state index in [9.17, 15) is 9.59 Å². The van der Waals surface area contributed by atoms with Crippen molar-refractivity contribution in [3.05, 3.63) is 82.9 Å². The number of nitrogens with zero attached hydrogens (tertiary/aromatic N) is 1. The zero-order valence-corrected chi connectivity index (χ0v) is 18.0. The lowest BCUT2D eigenvalue weighted by Gasteiger charge is -2.24. The van der Waals surface area contributed by atoms with Gasteiger partial charge >= 0.3 is 0 Å². The molecule has 2 aromatic rings. The summed E-state index contributed by atoms with van der Waals surface area (Å²) in [6, 6.07) is 17.8. The molecule has 1 aliphatic carbocycles. The molecule has 156 valence electrons. The third-order valence-corrected chi connectivity index (χ3v) is 6.99. The monoisotopic (exact) mass is 420 g/mol. The zero-order valence-electron chi connectivity index (χ0n) is 17.2. The van der Waals surface area contributed by atoms with Gasteiger partial charge in [-0.1, -0.05) is 54.1 Å². The number of benzene rings is 2. The summed E-state index contributed by atoms with van der Waals surface area (Å²) in [4.78, 5) is 26.8. The van der Waals surface area contributed by atoms with Gasteiger partial charge in [-0.05, 0) is 55.4 Å². The Bertz CT molecular complexity index is 909. The highest BCUT2D eigenvalue weighted by Crippen LogP contribution is 2.39. The first-order valence-electron chi connectivity index (χ1n) is 10.7. The van der Waals surface area contributed by atoms with E-state index in [1.165, 1.54) is 31.3 Å². The standard InChI is InChI=1S/C25H28N2O2S/c28-23-18-30-25(27(23)17-20-9-5-2-6-10-20)22-13-11-21(12-14-22)24(29)26-16-15-19-7-3-1-4-8-19/h2,5-7,9-14,25H,1,3-4,8,15-18H2,(H,26,29). The third kappa shape index (κ3) is 5.14. The van der Waals surface area contributed by atoms with Crippen molar-refractivity contribution in [3.8, 4) is 0 Å². The maximum Gasteiger partial charge on any atom is 0.251 e. The zero-order chi connectivity index (χ0) is 20.8. The molecule has 1 saturated heterocycles. The normalized spacial score (nSPS) is 18.9. The number of hydrogen-bond acceptors (Lipinski definition) is 3. The van der Waals surface area contributed by atoms with Crippen LogP contribution in [0.3, 0.4) is 0 Å². The topological polar surface area (TPSA) is 49.4 Å². The highest BCUT2D eigenvalue weighted by atomic mass is 32.2. The quantitative estimate of drug-likeness (QED) is 0.636. The van der Waals surface area contributed by atoms with Crippen molar-refractivity contribution in [2.75, 3.05) is 12.3 Å². The van der Waals surface area contributed by atoms with Gasteiger partial charge in [-0.15, -0.1) is 11.8 Å². The van der Waals surface area contributed by atoms with Gasteiger partial charge in [-0.2, -0.15) is 0 Å². The van der Waals surface area contributed by atoms with Gasteiger partial charge < -0.3 is 10.2 Å². The van der Waals surface area contributed by atoms with Crippen LogP contribution in [0.25, 0.3) is 0 Å². The van der Waals surface area contributed by atoms with Crippen LogP contribution in [0.2, 0.25) is 0 Å². The van der Waals surface area contributed by atoms with E-state index in [-0.39, 0.29) is 17.2 Å². The van der Waals surface area contributed by atoms with Gasteiger partial charge in [0.15, 0.2) is 0 Å². The average Bonchev–Trinajstić information content (AvgIpc) is 3.15. The largest absolute Gasteiger partial charge is 0.352 e. The number of nitrogens with one attached hydrogen (secondary N) is 1. The van der Waals surface area contributed by atoms with Crippen molar-refractivity contribution >= 4 is 23.6 Å². The maximum atomic E-state index is 12.5. The van der Waals surface area contributed by atoms with Gasteiger partial charge in [0.1, 0.15) is 5.37 Å². The van der Waals surface area contributed by atoms with Crippen LogP contribution in [0.5, 0.6) is 0 Å². The second-order valence-electron chi connectivity index (χ2n) is 7.91. The second kappa shape index (κ2) is 9.98. The van der Waals surface area contributed by atoms with Gasteiger partial charge in [0, 0.05) is 18.7 Å². The molecule has 1 unspecified atom stereocenters. The van der Waals surface area contributed by atoms with E-state index in [2.05, 4.69) is 11.4 Å². The number of amides is 2. The molecule has 1 aliphatic heterocycles.